The number of carbonyl (C=O) groups excluding carboxylic acids is 1. The van der Waals surface area contributed by atoms with Crippen molar-refractivity contribution in [2.75, 3.05) is 12.9 Å². The van der Waals surface area contributed by atoms with Gasteiger partial charge in [0, 0.05) is 29.9 Å². The van der Waals surface area contributed by atoms with Crippen LogP contribution in [0.2, 0.25) is 0 Å². The van der Waals surface area contributed by atoms with E-state index in [0.29, 0.717) is 16.9 Å². The Hall–Kier alpha value is -1.78. The van der Waals surface area contributed by atoms with Gasteiger partial charge in [0.05, 0.1) is 6.26 Å². The average Bonchev–Trinajstić information content (AvgIpc) is 3.19. The molecule has 4 aliphatic rings. The molecule has 0 amide bonds. The molecule has 2 heterocycles. The summed E-state index contributed by atoms with van der Waals surface area (Å²) in [6.07, 6.45) is 23.5. The van der Waals surface area contributed by atoms with Gasteiger partial charge < -0.3 is 9.84 Å². The van der Waals surface area contributed by atoms with Crippen LogP contribution in [-0.2, 0) is 9.53 Å². The Balaban J connectivity index is 1.55. The van der Waals surface area contributed by atoms with E-state index >= 15 is 0 Å². The molecule has 0 aromatic rings. The van der Waals surface area contributed by atoms with E-state index < -0.39 is 10.0 Å². The predicted octanol–water partition coefficient (Wildman–Crippen LogP) is 3.69. The lowest BCUT2D eigenvalue weighted by Crippen LogP contribution is -2.30. The molecule has 0 spiro atoms. The van der Waals surface area contributed by atoms with Crippen LogP contribution in [0.25, 0.3) is 0 Å². The Morgan fingerprint density at radius 1 is 1.28 bits per heavy atom. The van der Waals surface area contributed by atoms with E-state index in [0.717, 1.165) is 12.0 Å². The second-order valence-corrected chi connectivity index (χ2v) is 10.8. The summed E-state index contributed by atoms with van der Waals surface area (Å²) in [7, 11) is -1.10. The van der Waals surface area contributed by atoms with E-state index in [1.54, 1.807) is 6.26 Å². The van der Waals surface area contributed by atoms with Gasteiger partial charge >= 0.3 is 0 Å². The first-order valence-electron chi connectivity index (χ1n) is 8.80. The third kappa shape index (κ3) is 2.68. The number of hydrogen-bond acceptors (Lipinski definition) is 3. The minimum absolute atomic E-state index is 0.0476. The van der Waals surface area contributed by atoms with Crippen LogP contribution in [0.15, 0.2) is 71.6 Å². The van der Waals surface area contributed by atoms with E-state index in [2.05, 4.69) is 48.8 Å². The van der Waals surface area contributed by atoms with Gasteiger partial charge in [0.25, 0.3) is 0 Å². The zero-order chi connectivity index (χ0) is 17.4. The fraction of sp³-hybridized carbons (Fsp3) is 0.381. The lowest BCUT2D eigenvalue weighted by atomic mass is 9.97. The highest BCUT2D eigenvalue weighted by Gasteiger charge is 2.52. The molecule has 25 heavy (non-hydrogen) atoms. The molecule has 0 aromatic heterocycles. The van der Waals surface area contributed by atoms with Crippen LogP contribution in [0.1, 0.15) is 19.3 Å². The smallest absolute Gasteiger partial charge is 0.148 e. The summed E-state index contributed by atoms with van der Waals surface area (Å²) in [6, 6.07) is 0. The van der Waals surface area contributed by atoms with E-state index in [9.17, 15) is 4.79 Å². The summed E-state index contributed by atoms with van der Waals surface area (Å²) in [4.78, 5) is 11.7. The maximum absolute atomic E-state index is 11.7. The Morgan fingerprint density at radius 3 is 2.88 bits per heavy atom. The molecule has 1 fully saturated rings. The van der Waals surface area contributed by atoms with E-state index in [4.69, 9.17) is 9.84 Å². The number of ether oxygens (including phenoxy) is 1. The highest BCUT2D eigenvalue weighted by Crippen LogP contribution is 2.71. The number of fused-ring (bicyclic) bond motifs is 3. The second-order valence-electron chi connectivity index (χ2n) is 7.06. The summed E-state index contributed by atoms with van der Waals surface area (Å²) in [6.45, 7) is -0.0883. The normalized spacial score (nSPS) is 37.4. The molecule has 0 aromatic carbocycles. The van der Waals surface area contributed by atoms with Gasteiger partial charge in [-0.15, -0.1) is 0 Å². The van der Waals surface area contributed by atoms with Gasteiger partial charge in [-0.2, -0.15) is 10.0 Å². The number of aliphatic hydroxyl groups is 1. The van der Waals surface area contributed by atoms with E-state index in [1.165, 1.54) is 11.1 Å². The number of allylic oxidation sites excluding steroid dienone is 7. The fourth-order valence-corrected chi connectivity index (χ4v) is 8.45. The minimum atomic E-state index is -1.10. The maximum Gasteiger partial charge on any atom is 0.148 e. The van der Waals surface area contributed by atoms with Crippen molar-refractivity contribution < 1.29 is 14.6 Å². The number of ketones is 1. The number of Topliss-reactive ketones (excluding diaryl/α,β-unsaturated/α-hetero) is 1. The highest BCUT2D eigenvalue weighted by molar-refractivity contribution is 8.35. The Bertz CT molecular complexity index is 768. The average molecular weight is 356 g/mol. The van der Waals surface area contributed by atoms with Gasteiger partial charge in [-0.05, 0) is 35.5 Å². The predicted molar refractivity (Wildman–Crippen MR) is 104 cm³/mol. The van der Waals surface area contributed by atoms with Crippen LogP contribution in [-0.4, -0.2) is 39.7 Å². The lowest BCUT2D eigenvalue weighted by molar-refractivity contribution is -0.119. The van der Waals surface area contributed by atoms with Gasteiger partial charge in [0.15, 0.2) is 0 Å². The Morgan fingerprint density at radius 2 is 2.12 bits per heavy atom. The zero-order valence-electron chi connectivity index (χ0n) is 14.4. The van der Waals surface area contributed by atoms with Gasteiger partial charge in [-0.25, -0.2) is 0 Å². The van der Waals surface area contributed by atoms with E-state index in [-0.39, 0.29) is 24.2 Å². The first-order valence-corrected chi connectivity index (χ1v) is 11.0. The molecule has 3 nitrogen and oxygen atoms in total. The van der Waals surface area contributed by atoms with E-state index in [1.807, 2.05) is 6.08 Å². The Kier molecular flexibility index (Phi) is 4.34. The van der Waals surface area contributed by atoms with Gasteiger partial charge in [-0.1, -0.05) is 42.5 Å². The molecule has 2 aliphatic carbocycles. The van der Waals surface area contributed by atoms with Crippen LogP contribution in [0.3, 0.4) is 0 Å². The third-order valence-electron chi connectivity index (χ3n) is 5.58. The molecule has 0 saturated carbocycles. The monoisotopic (exact) mass is 356 g/mol. The van der Waals surface area contributed by atoms with Gasteiger partial charge in [0.2, 0.25) is 0 Å². The van der Waals surface area contributed by atoms with Crippen LogP contribution in [0.4, 0.5) is 0 Å². The van der Waals surface area contributed by atoms with Crippen LogP contribution < -0.4 is 0 Å². The number of aliphatic hydroxyl groups excluding tert-OH is 1. The topological polar surface area (TPSA) is 46.5 Å². The van der Waals surface area contributed by atoms with Crippen molar-refractivity contribution in [1.82, 2.24) is 0 Å². The van der Waals surface area contributed by atoms with Crippen molar-refractivity contribution in [3.63, 3.8) is 0 Å². The summed E-state index contributed by atoms with van der Waals surface area (Å²) >= 11 is 0. The molecular weight excluding hydrogens is 332 g/mol. The highest BCUT2D eigenvalue weighted by atomic mass is 32.3. The van der Waals surface area contributed by atoms with Crippen molar-refractivity contribution in [3.05, 3.63) is 71.6 Å². The molecule has 0 bridgehead atoms. The molecule has 0 radical (unpaired) electrons. The summed E-state index contributed by atoms with van der Waals surface area (Å²) in [5, 5.41) is 9.88. The van der Waals surface area contributed by atoms with Crippen LogP contribution >= 0.6 is 10.0 Å². The fourth-order valence-electron chi connectivity index (χ4n) is 4.29. The van der Waals surface area contributed by atoms with Crippen molar-refractivity contribution in [2.45, 2.75) is 35.2 Å². The van der Waals surface area contributed by atoms with Crippen molar-refractivity contribution in [1.29, 1.82) is 0 Å². The maximum atomic E-state index is 11.7. The summed E-state index contributed by atoms with van der Waals surface area (Å²) in [5.74, 6) is 0.0476. The number of rotatable bonds is 5. The quantitative estimate of drug-likeness (QED) is 0.817. The zero-order valence-corrected chi connectivity index (χ0v) is 15.2. The van der Waals surface area contributed by atoms with Crippen molar-refractivity contribution >= 4 is 15.8 Å². The van der Waals surface area contributed by atoms with Gasteiger partial charge in [0.1, 0.15) is 11.2 Å². The summed E-state index contributed by atoms with van der Waals surface area (Å²) in [5.41, 5.74) is 3.92. The molecule has 4 heteroatoms. The number of carbonyl (C=O) groups is 1. The lowest BCUT2D eigenvalue weighted by Gasteiger charge is -2.46. The third-order valence-corrected chi connectivity index (χ3v) is 10.0. The largest absolute Gasteiger partial charge is 0.484 e. The van der Waals surface area contributed by atoms with Gasteiger partial charge in [-0.3, -0.25) is 4.79 Å². The SMILES string of the molecule is CS1(C2C=CC(CC(=O)CCO)=CO2)C2C=CC=C2C2=CC=CCC21. The molecule has 4 rings (SSSR count). The van der Waals surface area contributed by atoms with Crippen molar-refractivity contribution in [2.24, 2.45) is 0 Å². The minimum Gasteiger partial charge on any atom is -0.484 e. The first-order chi connectivity index (χ1) is 12.1. The van der Waals surface area contributed by atoms with Crippen LogP contribution in [0, 0.1) is 0 Å². The van der Waals surface area contributed by atoms with Crippen molar-refractivity contribution in [3.8, 4) is 0 Å². The Labute approximate surface area is 150 Å². The van der Waals surface area contributed by atoms with Crippen LogP contribution in [0.5, 0.6) is 0 Å². The molecular formula is C21H24O3S. The molecule has 4 unspecified atom stereocenters. The molecule has 132 valence electrons. The first kappa shape index (κ1) is 16.7. The second kappa shape index (κ2) is 6.50. The summed E-state index contributed by atoms with van der Waals surface area (Å²) < 4.78 is 6.17. The molecule has 2 aliphatic heterocycles. The molecule has 1 saturated heterocycles. The number of hydrogen-bond donors (Lipinski definition) is 1. The molecule has 4 atom stereocenters. The molecule has 1 N–H and O–H groups in total. The standard InChI is InChI=1S/C21H24O3S/c1-25(21-10-9-15(14-24-21)13-16(23)11-12-22)19-7-3-2-5-17(19)18-6-4-8-20(18)25/h2-6,8-10,14,19-22H,7,11-13H2,1H3.